The fourth-order valence-electron chi connectivity index (χ4n) is 4.29. The van der Waals surface area contributed by atoms with Crippen molar-refractivity contribution in [3.63, 3.8) is 0 Å². The van der Waals surface area contributed by atoms with Gasteiger partial charge < -0.3 is 9.64 Å². The Bertz CT molecular complexity index is 783. The molecule has 7 heteroatoms. The molecule has 2 aliphatic heterocycles. The van der Waals surface area contributed by atoms with Gasteiger partial charge in [-0.25, -0.2) is 0 Å². The highest BCUT2D eigenvalue weighted by Crippen LogP contribution is 2.36. The second-order valence-electron chi connectivity index (χ2n) is 7.71. The number of ether oxygens (including phenoxy) is 1. The average molecular weight is 369 g/mol. The van der Waals surface area contributed by atoms with Gasteiger partial charge in [-0.15, -0.1) is 0 Å². The van der Waals surface area contributed by atoms with E-state index in [1.165, 1.54) is 5.56 Å². The van der Waals surface area contributed by atoms with Crippen LogP contribution in [0.25, 0.3) is 0 Å². The summed E-state index contributed by atoms with van der Waals surface area (Å²) in [6, 6.07) is 3.99. The van der Waals surface area contributed by atoms with Crippen LogP contribution in [0.4, 0.5) is 0 Å². The smallest absolute Gasteiger partial charge is 0.249 e. The maximum absolute atomic E-state index is 12.5. The number of nitrogens with zero attached hydrogens (tertiary/aromatic N) is 5. The number of carbonyl (C=O) groups is 1. The molecule has 1 spiro atoms. The van der Waals surface area contributed by atoms with Gasteiger partial charge in [-0.2, -0.15) is 5.10 Å². The van der Waals surface area contributed by atoms with Gasteiger partial charge in [-0.3, -0.25) is 19.4 Å². The van der Waals surface area contributed by atoms with Gasteiger partial charge >= 0.3 is 0 Å². The fourth-order valence-corrected chi connectivity index (χ4v) is 4.29. The topological polar surface area (TPSA) is 63.5 Å². The molecule has 0 radical (unpaired) electrons. The Morgan fingerprint density at radius 3 is 2.70 bits per heavy atom. The van der Waals surface area contributed by atoms with E-state index in [1.54, 1.807) is 6.20 Å². The van der Waals surface area contributed by atoms with E-state index in [0.29, 0.717) is 6.54 Å². The van der Waals surface area contributed by atoms with Crippen LogP contribution in [-0.2, 0) is 29.7 Å². The molecule has 2 saturated heterocycles. The molecule has 27 heavy (non-hydrogen) atoms. The van der Waals surface area contributed by atoms with Crippen LogP contribution in [0, 0.1) is 0 Å². The Balaban J connectivity index is 1.41. The predicted molar refractivity (Wildman–Crippen MR) is 101 cm³/mol. The van der Waals surface area contributed by atoms with Crippen LogP contribution >= 0.6 is 0 Å². The minimum absolute atomic E-state index is 0.0551. The molecule has 1 atom stereocenters. The number of piperidine rings is 1. The average Bonchev–Trinajstić information content (AvgIpc) is 3.09. The van der Waals surface area contributed by atoms with Crippen molar-refractivity contribution >= 4 is 5.91 Å². The number of carbonyl (C=O) groups excluding carboxylic acids is 1. The second-order valence-corrected chi connectivity index (χ2v) is 7.71. The number of aromatic nitrogens is 3. The van der Waals surface area contributed by atoms with E-state index in [-0.39, 0.29) is 24.2 Å². The highest BCUT2D eigenvalue weighted by molar-refractivity contribution is 5.78. The van der Waals surface area contributed by atoms with Gasteiger partial charge in [0.2, 0.25) is 5.91 Å². The molecule has 0 saturated carbocycles. The summed E-state index contributed by atoms with van der Waals surface area (Å²) >= 11 is 0. The van der Waals surface area contributed by atoms with Crippen molar-refractivity contribution in [1.82, 2.24) is 24.6 Å². The molecule has 0 unspecified atom stereocenters. The number of pyridine rings is 1. The summed E-state index contributed by atoms with van der Waals surface area (Å²) < 4.78 is 7.99. The molecule has 7 nitrogen and oxygen atoms in total. The molecule has 2 fully saturated rings. The summed E-state index contributed by atoms with van der Waals surface area (Å²) in [6.45, 7) is 5.74. The van der Waals surface area contributed by atoms with E-state index in [4.69, 9.17) is 4.74 Å². The van der Waals surface area contributed by atoms with Crippen LogP contribution in [-0.4, -0.2) is 61.8 Å². The third-order valence-corrected chi connectivity index (χ3v) is 5.97. The number of rotatable bonds is 4. The largest absolute Gasteiger partial charge is 0.363 e. The second kappa shape index (κ2) is 7.40. The zero-order valence-electron chi connectivity index (χ0n) is 16.0. The lowest BCUT2D eigenvalue weighted by Gasteiger charge is -2.51. The van der Waals surface area contributed by atoms with Crippen molar-refractivity contribution < 1.29 is 9.53 Å². The molecule has 0 N–H and O–H groups in total. The summed E-state index contributed by atoms with van der Waals surface area (Å²) in [6.07, 6.45) is 9.46. The molecule has 2 aliphatic rings. The number of hydrogen-bond donors (Lipinski definition) is 0. The maximum atomic E-state index is 12.5. The van der Waals surface area contributed by atoms with E-state index in [0.717, 1.165) is 38.0 Å². The van der Waals surface area contributed by atoms with Crippen molar-refractivity contribution in [2.45, 2.75) is 44.5 Å². The normalized spacial score (nSPS) is 23.1. The molecule has 4 rings (SSSR count). The van der Waals surface area contributed by atoms with E-state index >= 15 is 0 Å². The number of morpholine rings is 1. The molecular weight excluding hydrogens is 342 g/mol. The standard InChI is InChI=1S/C20H27N5O2/c1-16-20(5-8-24(9-6-20)13-18-11-22-23(2)12-18)27-15-19(26)25(16)14-17-4-3-7-21-10-17/h3-4,7,10-12,16H,5-6,8-9,13-15H2,1-2H3/t16-/m0/s1. The molecule has 0 aromatic carbocycles. The van der Waals surface area contributed by atoms with Gasteiger partial charge in [0.15, 0.2) is 0 Å². The van der Waals surface area contributed by atoms with Crippen LogP contribution in [0.1, 0.15) is 30.9 Å². The van der Waals surface area contributed by atoms with Crippen molar-refractivity contribution in [2.24, 2.45) is 7.05 Å². The van der Waals surface area contributed by atoms with Gasteiger partial charge in [-0.1, -0.05) is 6.07 Å². The minimum Gasteiger partial charge on any atom is -0.363 e. The minimum atomic E-state index is -0.248. The molecule has 2 aromatic rings. The van der Waals surface area contributed by atoms with Gasteiger partial charge in [-0.05, 0) is 31.4 Å². The highest BCUT2D eigenvalue weighted by Gasteiger charge is 2.47. The fraction of sp³-hybridized carbons (Fsp3) is 0.550. The third-order valence-electron chi connectivity index (χ3n) is 5.97. The Hall–Kier alpha value is -2.25. The van der Waals surface area contributed by atoms with E-state index < -0.39 is 0 Å². The van der Waals surface area contributed by atoms with E-state index in [2.05, 4.69) is 28.1 Å². The first-order valence-electron chi connectivity index (χ1n) is 9.58. The number of amides is 1. The number of aryl methyl sites for hydroxylation is 1. The Morgan fingerprint density at radius 1 is 1.22 bits per heavy atom. The number of likely N-dealkylation sites (tertiary alicyclic amines) is 1. The first-order chi connectivity index (χ1) is 13.1. The molecule has 0 bridgehead atoms. The highest BCUT2D eigenvalue weighted by atomic mass is 16.5. The SMILES string of the molecule is C[C@@H]1N(Cc2cccnc2)C(=O)COC12CCN(Cc1cnn(C)c1)CC2. The Kier molecular flexibility index (Phi) is 4.97. The van der Waals surface area contributed by atoms with Crippen LogP contribution < -0.4 is 0 Å². The molecule has 1 amide bonds. The molecule has 144 valence electrons. The first-order valence-corrected chi connectivity index (χ1v) is 9.58. The Labute approximate surface area is 159 Å². The molecule has 4 heterocycles. The lowest BCUT2D eigenvalue weighted by atomic mass is 9.82. The van der Waals surface area contributed by atoms with Crippen LogP contribution in [0.3, 0.4) is 0 Å². The molecule has 2 aromatic heterocycles. The van der Waals surface area contributed by atoms with Crippen molar-refractivity contribution in [2.75, 3.05) is 19.7 Å². The zero-order valence-corrected chi connectivity index (χ0v) is 16.0. The maximum Gasteiger partial charge on any atom is 0.249 e. The van der Waals surface area contributed by atoms with Crippen LogP contribution in [0.5, 0.6) is 0 Å². The third kappa shape index (κ3) is 3.75. The lowest BCUT2D eigenvalue weighted by molar-refractivity contribution is -0.188. The predicted octanol–water partition coefficient (Wildman–Crippen LogP) is 1.60. The summed E-state index contributed by atoms with van der Waals surface area (Å²) in [7, 11) is 1.94. The van der Waals surface area contributed by atoms with Crippen molar-refractivity contribution in [1.29, 1.82) is 0 Å². The van der Waals surface area contributed by atoms with Crippen LogP contribution in [0.2, 0.25) is 0 Å². The van der Waals surface area contributed by atoms with Gasteiger partial charge in [0, 0.05) is 57.4 Å². The van der Waals surface area contributed by atoms with Crippen molar-refractivity contribution in [3.8, 4) is 0 Å². The van der Waals surface area contributed by atoms with Gasteiger partial charge in [0.25, 0.3) is 0 Å². The molecule has 0 aliphatic carbocycles. The lowest BCUT2D eigenvalue weighted by Crippen LogP contribution is -2.63. The summed E-state index contributed by atoms with van der Waals surface area (Å²) in [5.74, 6) is 0.0646. The quantitative estimate of drug-likeness (QED) is 0.819. The first kappa shape index (κ1) is 18.1. The van der Waals surface area contributed by atoms with E-state index in [1.807, 2.05) is 41.2 Å². The summed E-state index contributed by atoms with van der Waals surface area (Å²) in [5, 5.41) is 4.25. The van der Waals surface area contributed by atoms with Crippen molar-refractivity contribution in [3.05, 3.63) is 48.0 Å². The van der Waals surface area contributed by atoms with E-state index in [9.17, 15) is 4.79 Å². The summed E-state index contributed by atoms with van der Waals surface area (Å²) in [4.78, 5) is 21.1. The zero-order chi connectivity index (χ0) is 18.9. The Morgan fingerprint density at radius 2 is 2.04 bits per heavy atom. The van der Waals surface area contributed by atoms with Crippen LogP contribution in [0.15, 0.2) is 36.9 Å². The monoisotopic (exact) mass is 369 g/mol. The van der Waals surface area contributed by atoms with Gasteiger partial charge in [0.1, 0.15) is 6.61 Å². The van der Waals surface area contributed by atoms with Gasteiger partial charge in [0.05, 0.1) is 17.8 Å². The summed E-state index contributed by atoms with van der Waals surface area (Å²) in [5.41, 5.74) is 2.05. The number of hydrogen-bond acceptors (Lipinski definition) is 5. The molecular formula is C20H27N5O2.